The lowest BCUT2D eigenvalue weighted by atomic mass is 10.1. The Labute approximate surface area is 124 Å². The molecule has 0 aliphatic carbocycles. The Morgan fingerprint density at radius 3 is 2.67 bits per heavy atom. The van der Waals surface area contributed by atoms with Crippen LogP contribution in [0.3, 0.4) is 0 Å². The number of carbonyl (C=O) groups is 1. The summed E-state index contributed by atoms with van der Waals surface area (Å²) < 4.78 is 0.892. The van der Waals surface area contributed by atoms with Crippen molar-refractivity contribution in [1.29, 1.82) is 0 Å². The standard InChI is InChI=1S/C12H12ClIN2O2/c13-8-1-2-11(14)10(7-8)12(17)16-5-3-9(15-18)4-6-16/h1-2,7,18H,3-6H2. The number of oxime groups is 1. The molecule has 4 nitrogen and oxygen atoms in total. The minimum absolute atomic E-state index is 0.0149. The topological polar surface area (TPSA) is 52.9 Å². The van der Waals surface area contributed by atoms with Crippen molar-refractivity contribution in [3.8, 4) is 0 Å². The molecule has 1 fully saturated rings. The number of nitrogens with zero attached hydrogens (tertiary/aromatic N) is 2. The van der Waals surface area contributed by atoms with Crippen LogP contribution in [0.25, 0.3) is 0 Å². The Bertz CT molecular complexity index is 495. The van der Waals surface area contributed by atoms with E-state index in [4.69, 9.17) is 16.8 Å². The predicted molar refractivity (Wildman–Crippen MR) is 78.5 cm³/mol. The Kier molecular flexibility index (Phi) is 4.45. The summed E-state index contributed by atoms with van der Waals surface area (Å²) in [5, 5.41) is 12.4. The predicted octanol–water partition coefficient (Wildman–Crippen LogP) is 3.01. The van der Waals surface area contributed by atoms with E-state index in [9.17, 15) is 4.79 Å². The molecule has 0 bridgehead atoms. The second-order valence-corrected chi connectivity index (χ2v) is 5.68. The van der Waals surface area contributed by atoms with Crippen LogP contribution in [-0.4, -0.2) is 34.8 Å². The first-order chi connectivity index (χ1) is 8.61. The zero-order valence-electron chi connectivity index (χ0n) is 9.57. The normalized spacial score (nSPS) is 15.7. The highest BCUT2D eigenvalue weighted by Crippen LogP contribution is 2.21. The number of piperidine rings is 1. The molecular weight excluding hydrogens is 367 g/mol. The molecule has 18 heavy (non-hydrogen) atoms. The van der Waals surface area contributed by atoms with Crippen molar-refractivity contribution in [3.63, 3.8) is 0 Å². The van der Waals surface area contributed by atoms with Gasteiger partial charge < -0.3 is 10.1 Å². The van der Waals surface area contributed by atoms with Crippen LogP contribution < -0.4 is 0 Å². The Morgan fingerprint density at radius 2 is 2.06 bits per heavy atom. The van der Waals surface area contributed by atoms with Gasteiger partial charge in [-0.2, -0.15) is 0 Å². The summed E-state index contributed by atoms with van der Waals surface area (Å²) in [7, 11) is 0. The number of amides is 1. The Morgan fingerprint density at radius 1 is 1.39 bits per heavy atom. The fraction of sp³-hybridized carbons (Fsp3) is 0.333. The van der Waals surface area contributed by atoms with E-state index in [1.165, 1.54) is 0 Å². The van der Waals surface area contributed by atoms with Gasteiger partial charge in [0, 0.05) is 34.5 Å². The molecule has 0 atom stereocenters. The third kappa shape index (κ3) is 2.95. The van der Waals surface area contributed by atoms with Gasteiger partial charge in [-0.1, -0.05) is 16.8 Å². The molecule has 1 aliphatic rings. The van der Waals surface area contributed by atoms with Gasteiger partial charge >= 0.3 is 0 Å². The minimum Gasteiger partial charge on any atom is -0.411 e. The fourth-order valence-electron chi connectivity index (χ4n) is 1.90. The number of hydrogen-bond acceptors (Lipinski definition) is 3. The van der Waals surface area contributed by atoms with Crippen molar-refractivity contribution in [1.82, 2.24) is 4.90 Å². The van der Waals surface area contributed by atoms with E-state index in [1.54, 1.807) is 17.0 Å². The molecule has 0 radical (unpaired) electrons. The van der Waals surface area contributed by atoms with Crippen LogP contribution in [0.1, 0.15) is 23.2 Å². The lowest BCUT2D eigenvalue weighted by Gasteiger charge is -2.27. The number of hydrogen-bond donors (Lipinski definition) is 1. The summed E-state index contributed by atoms with van der Waals surface area (Å²) in [6.07, 6.45) is 1.25. The fourth-order valence-corrected chi connectivity index (χ4v) is 2.64. The van der Waals surface area contributed by atoms with E-state index in [-0.39, 0.29) is 5.91 Å². The summed E-state index contributed by atoms with van der Waals surface area (Å²) in [5.41, 5.74) is 1.38. The van der Waals surface area contributed by atoms with Gasteiger partial charge in [-0.05, 0) is 40.8 Å². The second-order valence-electron chi connectivity index (χ2n) is 4.08. The molecule has 6 heteroatoms. The number of likely N-dealkylation sites (tertiary alicyclic amines) is 1. The van der Waals surface area contributed by atoms with E-state index in [2.05, 4.69) is 27.7 Å². The summed E-state index contributed by atoms with van der Waals surface area (Å²) in [4.78, 5) is 14.1. The molecule has 1 aliphatic heterocycles. The quantitative estimate of drug-likeness (QED) is 0.464. The van der Waals surface area contributed by atoms with Gasteiger partial charge in [0.15, 0.2) is 0 Å². The first-order valence-corrected chi connectivity index (χ1v) is 7.01. The van der Waals surface area contributed by atoms with Gasteiger partial charge in [-0.3, -0.25) is 4.79 Å². The van der Waals surface area contributed by atoms with Crippen LogP contribution in [0, 0.1) is 3.57 Å². The molecule has 1 aromatic rings. The average molecular weight is 379 g/mol. The lowest BCUT2D eigenvalue weighted by molar-refractivity contribution is 0.0752. The van der Waals surface area contributed by atoms with E-state index in [0.29, 0.717) is 36.5 Å². The molecule has 1 N–H and O–H groups in total. The molecule has 0 spiro atoms. The van der Waals surface area contributed by atoms with Crippen molar-refractivity contribution < 1.29 is 10.0 Å². The van der Waals surface area contributed by atoms with Crippen LogP contribution in [0.5, 0.6) is 0 Å². The van der Waals surface area contributed by atoms with Crippen LogP contribution in [0.15, 0.2) is 23.4 Å². The summed E-state index contributed by atoms with van der Waals surface area (Å²) >= 11 is 8.05. The maximum atomic E-state index is 12.3. The van der Waals surface area contributed by atoms with Gasteiger partial charge in [-0.25, -0.2) is 0 Å². The van der Waals surface area contributed by atoms with Crippen LogP contribution in [0.2, 0.25) is 5.02 Å². The third-order valence-corrected chi connectivity index (χ3v) is 4.10. The highest BCUT2D eigenvalue weighted by Gasteiger charge is 2.22. The first-order valence-electron chi connectivity index (χ1n) is 5.56. The number of halogens is 2. The minimum atomic E-state index is -0.0149. The maximum absolute atomic E-state index is 12.3. The van der Waals surface area contributed by atoms with Gasteiger partial charge in [-0.15, -0.1) is 0 Å². The highest BCUT2D eigenvalue weighted by molar-refractivity contribution is 14.1. The van der Waals surface area contributed by atoms with E-state index in [1.807, 2.05) is 6.07 Å². The van der Waals surface area contributed by atoms with Crippen molar-refractivity contribution in [2.24, 2.45) is 5.16 Å². The van der Waals surface area contributed by atoms with Crippen LogP contribution in [-0.2, 0) is 0 Å². The molecule has 1 amide bonds. The van der Waals surface area contributed by atoms with Gasteiger partial charge in [0.1, 0.15) is 0 Å². The van der Waals surface area contributed by atoms with Gasteiger partial charge in [0.25, 0.3) is 5.91 Å². The van der Waals surface area contributed by atoms with Crippen molar-refractivity contribution in [3.05, 3.63) is 32.4 Å². The number of carbonyl (C=O) groups excluding carboxylic acids is 1. The first kappa shape index (κ1) is 13.6. The smallest absolute Gasteiger partial charge is 0.255 e. The second kappa shape index (κ2) is 5.88. The highest BCUT2D eigenvalue weighted by atomic mass is 127. The van der Waals surface area contributed by atoms with Crippen LogP contribution >= 0.6 is 34.2 Å². The van der Waals surface area contributed by atoms with Crippen molar-refractivity contribution >= 4 is 45.8 Å². The van der Waals surface area contributed by atoms with E-state index < -0.39 is 0 Å². The maximum Gasteiger partial charge on any atom is 0.255 e. The Hall–Kier alpha value is -0.820. The average Bonchev–Trinajstić information content (AvgIpc) is 2.41. The molecule has 0 unspecified atom stereocenters. The largest absolute Gasteiger partial charge is 0.411 e. The van der Waals surface area contributed by atoms with Crippen molar-refractivity contribution in [2.45, 2.75) is 12.8 Å². The molecule has 0 aromatic heterocycles. The van der Waals surface area contributed by atoms with Gasteiger partial charge in [0.05, 0.1) is 11.3 Å². The molecule has 1 aromatic carbocycles. The zero-order valence-corrected chi connectivity index (χ0v) is 12.5. The molecule has 2 rings (SSSR count). The summed E-state index contributed by atoms with van der Waals surface area (Å²) in [6.45, 7) is 1.17. The van der Waals surface area contributed by atoms with Crippen LogP contribution in [0.4, 0.5) is 0 Å². The van der Waals surface area contributed by atoms with E-state index >= 15 is 0 Å². The Balaban J connectivity index is 2.15. The van der Waals surface area contributed by atoms with Gasteiger partial charge in [0.2, 0.25) is 0 Å². The zero-order chi connectivity index (χ0) is 13.1. The monoisotopic (exact) mass is 378 g/mol. The molecule has 1 heterocycles. The molecule has 0 saturated carbocycles. The third-order valence-electron chi connectivity index (χ3n) is 2.93. The molecule has 1 saturated heterocycles. The summed E-state index contributed by atoms with van der Waals surface area (Å²) in [5.74, 6) is -0.0149. The van der Waals surface area contributed by atoms with E-state index in [0.717, 1.165) is 9.28 Å². The lowest BCUT2D eigenvalue weighted by Crippen LogP contribution is -2.39. The number of rotatable bonds is 1. The summed E-state index contributed by atoms with van der Waals surface area (Å²) in [6, 6.07) is 5.30. The molecule has 96 valence electrons. The van der Waals surface area contributed by atoms with Crippen molar-refractivity contribution in [2.75, 3.05) is 13.1 Å². The number of benzene rings is 1. The molecular formula is C12H12ClIN2O2. The SMILES string of the molecule is O=C(c1cc(Cl)ccc1I)N1CCC(=NO)CC1.